The van der Waals surface area contributed by atoms with Crippen LogP contribution >= 0.6 is 0 Å². The molecule has 1 N–H and O–H groups in total. The minimum atomic E-state index is -0.421. The number of aliphatic hydroxyl groups is 1. The third-order valence-electron chi connectivity index (χ3n) is 4.26. The summed E-state index contributed by atoms with van der Waals surface area (Å²) >= 11 is 0. The van der Waals surface area contributed by atoms with Crippen LogP contribution in [0.25, 0.3) is 0 Å². The van der Waals surface area contributed by atoms with Crippen molar-refractivity contribution in [2.24, 2.45) is 0 Å². The van der Waals surface area contributed by atoms with Gasteiger partial charge in [0, 0.05) is 19.1 Å². The van der Waals surface area contributed by atoms with Crippen LogP contribution in [0.5, 0.6) is 0 Å². The largest absolute Gasteiger partial charge is 0.387 e. The van der Waals surface area contributed by atoms with E-state index in [4.69, 9.17) is 0 Å². The first-order valence-corrected chi connectivity index (χ1v) is 7.33. The molecule has 1 heterocycles. The van der Waals surface area contributed by atoms with E-state index in [1.807, 2.05) is 30.3 Å². The molecule has 2 heteroatoms. The third kappa shape index (κ3) is 2.49. The van der Waals surface area contributed by atoms with E-state index in [0.717, 1.165) is 25.1 Å². The van der Waals surface area contributed by atoms with Gasteiger partial charge in [-0.3, -0.25) is 4.90 Å². The molecule has 1 aliphatic rings. The summed E-state index contributed by atoms with van der Waals surface area (Å²) in [5, 5.41) is 10.7. The van der Waals surface area contributed by atoms with Gasteiger partial charge in [-0.25, -0.2) is 0 Å². The van der Waals surface area contributed by atoms with Gasteiger partial charge < -0.3 is 5.11 Å². The zero-order valence-corrected chi connectivity index (χ0v) is 11.9. The van der Waals surface area contributed by atoms with Crippen LogP contribution in [-0.2, 0) is 13.1 Å². The normalized spacial score (nSPS) is 17.7. The predicted octanol–water partition coefficient (Wildman–Crippen LogP) is 3.51. The summed E-state index contributed by atoms with van der Waals surface area (Å²) in [5.41, 5.74) is 3.80. The maximum absolute atomic E-state index is 10.7. The molecule has 0 saturated carbocycles. The van der Waals surface area contributed by atoms with Crippen LogP contribution in [0, 0.1) is 0 Å². The van der Waals surface area contributed by atoms with Gasteiger partial charge in [-0.1, -0.05) is 61.5 Å². The lowest BCUT2D eigenvalue weighted by molar-refractivity contribution is 0.0434. The average Bonchev–Trinajstić information content (AvgIpc) is 2.92. The number of nitrogens with zero attached hydrogens (tertiary/aromatic N) is 1. The summed E-state index contributed by atoms with van der Waals surface area (Å²) in [6, 6.07) is 18.7. The van der Waals surface area contributed by atoms with Crippen molar-refractivity contribution in [3.8, 4) is 0 Å². The standard InChI is InChI=1S/C18H21NO/c1-2-17(18(20)14-8-4-3-5-9-14)19-12-15-10-6-7-11-16(15)13-19/h3-11,17-18,20H,2,12-13H2,1H3. The SMILES string of the molecule is CCC(C(O)c1ccccc1)N1Cc2ccccc2C1. The summed E-state index contributed by atoms with van der Waals surface area (Å²) in [6.07, 6.45) is 0.528. The summed E-state index contributed by atoms with van der Waals surface area (Å²) in [6.45, 7) is 4.04. The number of rotatable bonds is 4. The molecule has 2 unspecified atom stereocenters. The lowest BCUT2D eigenvalue weighted by Crippen LogP contribution is -2.35. The molecule has 0 spiro atoms. The Kier molecular flexibility index (Phi) is 3.86. The molecule has 0 saturated heterocycles. The van der Waals surface area contributed by atoms with Crippen molar-refractivity contribution in [1.29, 1.82) is 0 Å². The van der Waals surface area contributed by atoms with Crippen LogP contribution < -0.4 is 0 Å². The van der Waals surface area contributed by atoms with Gasteiger partial charge in [-0.15, -0.1) is 0 Å². The molecule has 2 nitrogen and oxygen atoms in total. The van der Waals surface area contributed by atoms with Crippen molar-refractivity contribution >= 4 is 0 Å². The first kappa shape index (κ1) is 13.3. The quantitative estimate of drug-likeness (QED) is 0.916. The molecule has 0 aromatic heterocycles. The maximum Gasteiger partial charge on any atom is 0.0945 e. The van der Waals surface area contributed by atoms with Gasteiger partial charge in [0.15, 0.2) is 0 Å². The highest BCUT2D eigenvalue weighted by atomic mass is 16.3. The summed E-state index contributed by atoms with van der Waals surface area (Å²) in [5.74, 6) is 0. The Bertz CT molecular complexity index is 542. The van der Waals surface area contributed by atoms with E-state index in [-0.39, 0.29) is 6.04 Å². The lowest BCUT2D eigenvalue weighted by Gasteiger charge is -2.31. The molecule has 1 aliphatic heterocycles. The Morgan fingerprint density at radius 1 is 0.950 bits per heavy atom. The lowest BCUT2D eigenvalue weighted by atomic mass is 9.99. The molecule has 0 fully saturated rings. The van der Waals surface area contributed by atoms with Crippen molar-refractivity contribution < 1.29 is 5.11 Å². The van der Waals surface area contributed by atoms with Crippen molar-refractivity contribution in [2.45, 2.75) is 38.6 Å². The Morgan fingerprint density at radius 2 is 1.50 bits per heavy atom. The van der Waals surface area contributed by atoms with Gasteiger partial charge in [0.05, 0.1) is 6.10 Å². The van der Waals surface area contributed by atoms with Gasteiger partial charge in [0.2, 0.25) is 0 Å². The smallest absolute Gasteiger partial charge is 0.0945 e. The Morgan fingerprint density at radius 3 is 2.05 bits per heavy atom. The number of hydrogen-bond donors (Lipinski definition) is 1. The molecule has 104 valence electrons. The van der Waals surface area contributed by atoms with Gasteiger partial charge in [-0.2, -0.15) is 0 Å². The second-order valence-corrected chi connectivity index (χ2v) is 5.50. The highest BCUT2D eigenvalue weighted by Gasteiger charge is 2.29. The van der Waals surface area contributed by atoms with E-state index in [1.54, 1.807) is 0 Å². The van der Waals surface area contributed by atoms with Crippen LogP contribution in [0.1, 0.15) is 36.1 Å². The summed E-state index contributed by atoms with van der Waals surface area (Å²) in [4.78, 5) is 2.39. The Labute approximate surface area is 120 Å². The molecule has 0 aliphatic carbocycles. The fourth-order valence-electron chi connectivity index (χ4n) is 3.15. The van der Waals surface area contributed by atoms with Crippen LogP contribution in [-0.4, -0.2) is 16.0 Å². The minimum Gasteiger partial charge on any atom is -0.387 e. The molecular formula is C18H21NO. The molecule has 2 aromatic carbocycles. The second kappa shape index (κ2) is 5.78. The third-order valence-corrected chi connectivity index (χ3v) is 4.26. The van der Waals surface area contributed by atoms with E-state index in [2.05, 4.69) is 36.1 Å². The van der Waals surface area contributed by atoms with Crippen LogP contribution in [0.3, 0.4) is 0 Å². The van der Waals surface area contributed by atoms with E-state index in [1.165, 1.54) is 11.1 Å². The van der Waals surface area contributed by atoms with E-state index in [0.29, 0.717) is 0 Å². The van der Waals surface area contributed by atoms with Crippen molar-refractivity contribution in [1.82, 2.24) is 4.90 Å². The first-order valence-electron chi connectivity index (χ1n) is 7.33. The van der Waals surface area contributed by atoms with E-state index in [9.17, 15) is 5.11 Å². The zero-order valence-electron chi connectivity index (χ0n) is 11.9. The Hall–Kier alpha value is -1.64. The maximum atomic E-state index is 10.7. The molecule has 0 amide bonds. The van der Waals surface area contributed by atoms with Gasteiger partial charge in [-0.05, 0) is 23.1 Å². The van der Waals surface area contributed by atoms with Crippen molar-refractivity contribution in [3.05, 3.63) is 71.3 Å². The molecule has 2 aromatic rings. The molecule has 2 atom stereocenters. The number of aliphatic hydroxyl groups excluding tert-OH is 1. The molecule has 3 rings (SSSR count). The minimum absolute atomic E-state index is 0.171. The highest BCUT2D eigenvalue weighted by Crippen LogP contribution is 2.31. The number of benzene rings is 2. The highest BCUT2D eigenvalue weighted by molar-refractivity contribution is 5.31. The monoisotopic (exact) mass is 267 g/mol. The van der Waals surface area contributed by atoms with Crippen molar-refractivity contribution in [3.63, 3.8) is 0 Å². The van der Waals surface area contributed by atoms with E-state index < -0.39 is 6.10 Å². The van der Waals surface area contributed by atoms with E-state index >= 15 is 0 Å². The fraction of sp³-hybridized carbons (Fsp3) is 0.333. The van der Waals surface area contributed by atoms with Crippen LogP contribution in [0.4, 0.5) is 0 Å². The van der Waals surface area contributed by atoms with Gasteiger partial charge >= 0.3 is 0 Å². The first-order chi connectivity index (χ1) is 9.79. The van der Waals surface area contributed by atoms with Crippen molar-refractivity contribution in [2.75, 3.05) is 0 Å². The predicted molar refractivity (Wildman–Crippen MR) is 81.2 cm³/mol. The summed E-state index contributed by atoms with van der Waals surface area (Å²) < 4.78 is 0. The second-order valence-electron chi connectivity index (χ2n) is 5.50. The zero-order chi connectivity index (χ0) is 13.9. The van der Waals surface area contributed by atoms with Crippen LogP contribution in [0.2, 0.25) is 0 Å². The Balaban J connectivity index is 1.79. The van der Waals surface area contributed by atoms with Gasteiger partial charge in [0.1, 0.15) is 0 Å². The van der Waals surface area contributed by atoms with Crippen LogP contribution in [0.15, 0.2) is 54.6 Å². The molecule has 0 bridgehead atoms. The van der Waals surface area contributed by atoms with Gasteiger partial charge in [0.25, 0.3) is 0 Å². The fourth-order valence-corrected chi connectivity index (χ4v) is 3.15. The topological polar surface area (TPSA) is 23.5 Å². The number of hydrogen-bond acceptors (Lipinski definition) is 2. The summed E-state index contributed by atoms with van der Waals surface area (Å²) in [7, 11) is 0. The molecular weight excluding hydrogens is 246 g/mol. The number of fused-ring (bicyclic) bond motifs is 1. The molecule has 20 heavy (non-hydrogen) atoms. The molecule has 0 radical (unpaired) electrons. The average molecular weight is 267 g/mol.